The van der Waals surface area contributed by atoms with Crippen molar-refractivity contribution in [3.8, 4) is 0 Å². The summed E-state index contributed by atoms with van der Waals surface area (Å²) < 4.78 is 2.42. The van der Waals surface area contributed by atoms with Crippen molar-refractivity contribution in [1.82, 2.24) is 9.47 Å². The Kier molecular flexibility index (Phi) is 3.84. The predicted octanol–water partition coefficient (Wildman–Crippen LogP) is 4.36. The maximum atomic E-state index is 2.54. The lowest BCUT2D eigenvalue weighted by atomic mass is 9.91. The number of aryl methyl sites for hydroxylation is 3. The summed E-state index contributed by atoms with van der Waals surface area (Å²) in [6.07, 6.45) is 3.89. The molecule has 1 aliphatic heterocycles. The zero-order valence-electron chi connectivity index (χ0n) is 15.3. The summed E-state index contributed by atoms with van der Waals surface area (Å²) in [5.74, 6) is 0. The third-order valence-electron chi connectivity index (χ3n) is 6.34. The molecule has 1 aromatic heterocycles. The van der Waals surface area contributed by atoms with Crippen molar-refractivity contribution < 1.29 is 0 Å². The van der Waals surface area contributed by atoms with Crippen LogP contribution >= 0.6 is 0 Å². The molecule has 0 aliphatic carbocycles. The number of likely N-dealkylation sites (N-methyl/N-ethyl adjacent to an activating group) is 1. The Morgan fingerprint density at radius 3 is 2.14 bits per heavy atom. The minimum atomic E-state index is 0.714. The van der Waals surface area contributed by atoms with Crippen LogP contribution < -0.4 is 0 Å². The van der Waals surface area contributed by atoms with Gasteiger partial charge in [-0.2, -0.15) is 0 Å². The number of benzene rings is 1. The first-order chi connectivity index (χ1) is 10.3. The smallest absolute Gasteiger partial charge is 0.0517 e. The van der Waals surface area contributed by atoms with E-state index < -0.39 is 0 Å². The van der Waals surface area contributed by atoms with E-state index >= 15 is 0 Å². The summed E-state index contributed by atoms with van der Waals surface area (Å²) in [5.41, 5.74) is 10.3. The van der Waals surface area contributed by atoms with Crippen LogP contribution in [0.3, 0.4) is 0 Å². The van der Waals surface area contributed by atoms with Crippen molar-refractivity contribution in [3.63, 3.8) is 0 Å². The van der Waals surface area contributed by atoms with E-state index in [4.69, 9.17) is 0 Å². The second kappa shape index (κ2) is 5.42. The second-order valence-corrected chi connectivity index (χ2v) is 7.33. The van der Waals surface area contributed by atoms with E-state index in [0.29, 0.717) is 6.04 Å². The zero-order chi connectivity index (χ0) is 16.2. The molecule has 1 atom stereocenters. The first-order valence-corrected chi connectivity index (χ1v) is 8.59. The van der Waals surface area contributed by atoms with Crippen molar-refractivity contribution in [2.45, 2.75) is 59.9 Å². The van der Waals surface area contributed by atoms with Crippen LogP contribution in [0.4, 0.5) is 0 Å². The van der Waals surface area contributed by atoms with Gasteiger partial charge >= 0.3 is 0 Å². The topological polar surface area (TPSA) is 8.17 Å². The first-order valence-electron chi connectivity index (χ1n) is 8.59. The van der Waals surface area contributed by atoms with Crippen LogP contribution in [0.1, 0.15) is 46.4 Å². The van der Waals surface area contributed by atoms with Crippen LogP contribution in [0.15, 0.2) is 0 Å². The van der Waals surface area contributed by atoms with Crippen LogP contribution in [-0.2, 0) is 13.5 Å². The highest BCUT2D eigenvalue weighted by atomic mass is 15.1. The van der Waals surface area contributed by atoms with Crippen molar-refractivity contribution in [1.29, 1.82) is 0 Å². The largest absolute Gasteiger partial charge is 0.347 e. The Hall–Kier alpha value is -1.28. The van der Waals surface area contributed by atoms with Gasteiger partial charge in [0.05, 0.1) is 5.52 Å². The Balaban J connectivity index is 2.24. The van der Waals surface area contributed by atoms with Crippen LogP contribution in [0, 0.1) is 34.6 Å². The molecule has 0 amide bonds. The molecule has 1 aliphatic rings. The SMILES string of the molecule is Cc1c(C)c(C)c2c(c1C)c(CC1CCCN1C)c(C)n2C. The third kappa shape index (κ3) is 2.11. The Bertz CT molecular complexity index is 736. The van der Waals surface area contributed by atoms with Gasteiger partial charge in [0.25, 0.3) is 0 Å². The first kappa shape index (κ1) is 15.6. The second-order valence-electron chi connectivity index (χ2n) is 7.33. The van der Waals surface area contributed by atoms with Gasteiger partial charge in [-0.15, -0.1) is 0 Å². The van der Waals surface area contributed by atoms with E-state index in [1.807, 2.05) is 0 Å². The van der Waals surface area contributed by atoms with E-state index in [2.05, 4.69) is 58.2 Å². The van der Waals surface area contributed by atoms with Crippen molar-refractivity contribution in [3.05, 3.63) is 33.5 Å². The van der Waals surface area contributed by atoms with E-state index in [1.54, 1.807) is 5.56 Å². The highest BCUT2D eigenvalue weighted by molar-refractivity contribution is 5.93. The molecule has 2 nitrogen and oxygen atoms in total. The monoisotopic (exact) mass is 298 g/mol. The number of likely N-dealkylation sites (tertiary alicyclic amines) is 1. The van der Waals surface area contributed by atoms with E-state index in [1.165, 1.54) is 64.7 Å². The average Bonchev–Trinajstić information content (AvgIpc) is 3.00. The number of rotatable bonds is 2. The molecule has 1 saturated heterocycles. The Labute approximate surface area is 135 Å². The summed E-state index contributed by atoms with van der Waals surface area (Å²) in [5, 5.41) is 1.53. The molecule has 2 heterocycles. The number of hydrogen-bond acceptors (Lipinski definition) is 1. The van der Waals surface area contributed by atoms with Crippen LogP contribution in [0.25, 0.3) is 10.9 Å². The zero-order valence-corrected chi connectivity index (χ0v) is 15.3. The fourth-order valence-electron chi connectivity index (χ4n) is 4.35. The quantitative estimate of drug-likeness (QED) is 0.800. The van der Waals surface area contributed by atoms with Crippen LogP contribution in [0.5, 0.6) is 0 Å². The third-order valence-corrected chi connectivity index (χ3v) is 6.34. The molecule has 1 fully saturated rings. The molecule has 0 radical (unpaired) electrons. The molecule has 0 spiro atoms. The van der Waals surface area contributed by atoms with Gasteiger partial charge in [0, 0.05) is 24.2 Å². The van der Waals surface area contributed by atoms with Gasteiger partial charge in [-0.25, -0.2) is 0 Å². The fourth-order valence-corrected chi connectivity index (χ4v) is 4.35. The van der Waals surface area contributed by atoms with Gasteiger partial charge in [-0.3, -0.25) is 0 Å². The minimum absolute atomic E-state index is 0.714. The Morgan fingerprint density at radius 1 is 0.909 bits per heavy atom. The summed E-state index contributed by atoms with van der Waals surface area (Å²) in [4.78, 5) is 2.54. The number of fused-ring (bicyclic) bond motifs is 1. The summed E-state index contributed by atoms with van der Waals surface area (Å²) in [6, 6.07) is 0.714. The molecule has 1 unspecified atom stereocenters. The molecule has 3 rings (SSSR count). The van der Waals surface area contributed by atoms with Gasteiger partial charge in [-0.05, 0) is 95.3 Å². The molecular weight excluding hydrogens is 268 g/mol. The lowest BCUT2D eigenvalue weighted by Crippen LogP contribution is -2.27. The van der Waals surface area contributed by atoms with Gasteiger partial charge in [0.15, 0.2) is 0 Å². The molecule has 1 aromatic carbocycles. The minimum Gasteiger partial charge on any atom is -0.347 e. The Morgan fingerprint density at radius 2 is 1.55 bits per heavy atom. The highest BCUT2D eigenvalue weighted by Crippen LogP contribution is 2.36. The van der Waals surface area contributed by atoms with E-state index in [-0.39, 0.29) is 0 Å². The van der Waals surface area contributed by atoms with Crippen molar-refractivity contribution >= 4 is 10.9 Å². The molecule has 0 bridgehead atoms. The lowest BCUT2D eigenvalue weighted by molar-refractivity contribution is 0.309. The number of nitrogens with zero attached hydrogens (tertiary/aromatic N) is 2. The predicted molar refractivity (Wildman–Crippen MR) is 96.0 cm³/mol. The van der Waals surface area contributed by atoms with Gasteiger partial charge in [0.2, 0.25) is 0 Å². The number of hydrogen-bond donors (Lipinski definition) is 0. The molecule has 0 saturated carbocycles. The molecular formula is C20H30N2. The van der Waals surface area contributed by atoms with Gasteiger partial charge in [-0.1, -0.05) is 0 Å². The summed E-state index contributed by atoms with van der Waals surface area (Å²) >= 11 is 0. The normalized spacial score (nSPS) is 19.5. The molecule has 0 N–H and O–H groups in total. The maximum absolute atomic E-state index is 2.54. The average molecular weight is 298 g/mol. The lowest BCUT2D eigenvalue weighted by Gasteiger charge is -2.20. The highest BCUT2D eigenvalue weighted by Gasteiger charge is 2.25. The number of aromatic nitrogens is 1. The van der Waals surface area contributed by atoms with E-state index in [9.17, 15) is 0 Å². The molecule has 2 aromatic rings. The van der Waals surface area contributed by atoms with Gasteiger partial charge < -0.3 is 9.47 Å². The molecule has 2 heteroatoms. The summed E-state index contributed by atoms with van der Waals surface area (Å²) in [6.45, 7) is 12.7. The summed E-state index contributed by atoms with van der Waals surface area (Å²) in [7, 11) is 4.52. The van der Waals surface area contributed by atoms with Crippen LogP contribution in [-0.4, -0.2) is 29.1 Å². The molecule has 22 heavy (non-hydrogen) atoms. The molecule has 120 valence electrons. The van der Waals surface area contributed by atoms with Crippen molar-refractivity contribution in [2.24, 2.45) is 7.05 Å². The maximum Gasteiger partial charge on any atom is 0.0517 e. The van der Waals surface area contributed by atoms with Crippen LogP contribution in [0.2, 0.25) is 0 Å². The standard InChI is InChI=1S/C20H30N2/c1-12-13(2)15(4)20-19(14(12)3)18(16(5)22(20)7)11-17-9-8-10-21(17)6/h17H,8-11H2,1-7H3. The fraction of sp³-hybridized carbons (Fsp3) is 0.600. The van der Waals surface area contributed by atoms with Crippen molar-refractivity contribution in [2.75, 3.05) is 13.6 Å². The van der Waals surface area contributed by atoms with Gasteiger partial charge in [0.1, 0.15) is 0 Å². The van der Waals surface area contributed by atoms with E-state index in [0.717, 1.165) is 0 Å².